The molecule has 0 aliphatic carbocycles. The van der Waals surface area contributed by atoms with Gasteiger partial charge in [0.2, 0.25) is 0 Å². The van der Waals surface area contributed by atoms with Crippen molar-refractivity contribution < 1.29 is 19.4 Å². The average Bonchev–Trinajstić information content (AvgIpc) is 2.95. The highest BCUT2D eigenvalue weighted by Crippen LogP contribution is 2.33. The fourth-order valence-corrected chi connectivity index (χ4v) is 3.87. The van der Waals surface area contributed by atoms with Crippen molar-refractivity contribution in [3.8, 4) is 5.75 Å². The molecule has 0 bridgehead atoms. The molecule has 1 saturated heterocycles. The van der Waals surface area contributed by atoms with Crippen LogP contribution in [0.1, 0.15) is 18.1 Å². The number of hydrogen-bond acceptors (Lipinski definition) is 4. The molecule has 1 fully saturated rings. The van der Waals surface area contributed by atoms with Gasteiger partial charge in [0.25, 0.3) is 5.91 Å². The Morgan fingerprint density at radius 2 is 1.80 bits per heavy atom. The zero-order valence-electron chi connectivity index (χ0n) is 17.0. The van der Waals surface area contributed by atoms with E-state index in [-0.39, 0.29) is 13.2 Å². The van der Waals surface area contributed by atoms with E-state index in [0.29, 0.717) is 5.75 Å². The van der Waals surface area contributed by atoms with Gasteiger partial charge in [-0.25, -0.2) is 4.79 Å². The molecule has 6 heteroatoms. The maximum atomic E-state index is 13.2. The van der Waals surface area contributed by atoms with Gasteiger partial charge < -0.3 is 15.2 Å². The number of nitrogens with one attached hydrogen (secondary N) is 1. The molecule has 1 heterocycles. The summed E-state index contributed by atoms with van der Waals surface area (Å²) in [5.41, 5.74) is 0.573. The number of carbonyl (C=O) groups excluding carboxylic acids is 2. The fourth-order valence-electron chi connectivity index (χ4n) is 3.87. The molecule has 0 spiro atoms. The van der Waals surface area contributed by atoms with Gasteiger partial charge in [0.1, 0.15) is 24.0 Å². The van der Waals surface area contributed by atoms with Crippen molar-refractivity contribution >= 4 is 22.7 Å². The second-order valence-corrected chi connectivity index (χ2v) is 7.78. The lowest BCUT2D eigenvalue weighted by Crippen LogP contribution is -2.43. The molecule has 3 aromatic carbocycles. The molecular formula is C24H24N2O4. The van der Waals surface area contributed by atoms with Crippen molar-refractivity contribution in [3.63, 3.8) is 0 Å². The number of benzene rings is 3. The van der Waals surface area contributed by atoms with E-state index in [1.54, 1.807) is 13.0 Å². The number of imide groups is 1. The summed E-state index contributed by atoms with van der Waals surface area (Å²) in [5, 5.41) is 15.1. The normalized spacial score (nSPS) is 19.8. The van der Waals surface area contributed by atoms with Gasteiger partial charge in [0.15, 0.2) is 0 Å². The molecule has 2 N–H and O–H groups in total. The van der Waals surface area contributed by atoms with Crippen molar-refractivity contribution in [1.82, 2.24) is 10.2 Å². The number of nitrogens with zero attached hydrogens (tertiary/aromatic N) is 1. The molecule has 4 rings (SSSR count). The predicted octanol–water partition coefficient (Wildman–Crippen LogP) is 3.36. The molecule has 0 unspecified atom stereocenters. The summed E-state index contributed by atoms with van der Waals surface area (Å²) in [6.45, 7) is 3.48. The van der Waals surface area contributed by atoms with Crippen molar-refractivity contribution in [2.75, 3.05) is 13.2 Å². The molecule has 3 amide bonds. The molecule has 0 radical (unpaired) electrons. The highest BCUT2D eigenvalue weighted by atomic mass is 16.5. The quantitative estimate of drug-likeness (QED) is 0.618. The number of rotatable bonds is 6. The molecule has 30 heavy (non-hydrogen) atoms. The topological polar surface area (TPSA) is 78.9 Å². The van der Waals surface area contributed by atoms with Crippen LogP contribution in [-0.2, 0) is 10.3 Å². The predicted molar refractivity (Wildman–Crippen MR) is 114 cm³/mol. The molecule has 2 atom stereocenters. The third-order valence-corrected chi connectivity index (χ3v) is 5.43. The zero-order valence-corrected chi connectivity index (χ0v) is 17.0. The molecule has 154 valence electrons. The number of ether oxygens (including phenoxy) is 1. The Hall–Kier alpha value is -3.38. The standard InChI is InChI=1S/C24H24N2O4/c1-16-7-5-10-19(13-16)30-15-18(27)14-26-22(28)24(2,25-23(26)29)21-12-6-9-17-8-3-4-11-20(17)21/h3-13,18,27H,14-15H2,1-2H3,(H,25,29)/t18-,24+/m0/s1. The smallest absolute Gasteiger partial charge is 0.325 e. The minimum absolute atomic E-state index is 0.0223. The van der Waals surface area contributed by atoms with E-state index < -0.39 is 23.6 Å². The highest BCUT2D eigenvalue weighted by molar-refractivity contribution is 6.09. The van der Waals surface area contributed by atoms with Gasteiger partial charge in [0, 0.05) is 0 Å². The van der Waals surface area contributed by atoms with Crippen LogP contribution in [0.3, 0.4) is 0 Å². The van der Waals surface area contributed by atoms with Gasteiger partial charge in [-0.2, -0.15) is 0 Å². The van der Waals surface area contributed by atoms with Gasteiger partial charge in [-0.05, 0) is 47.9 Å². The van der Waals surface area contributed by atoms with Gasteiger partial charge in [-0.15, -0.1) is 0 Å². The lowest BCUT2D eigenvalue weighted by molar-refractivity contribution is -0.132. The van der Waals surface area contributed by atoms with Crippen molar-refractivity contribution in [2.45, 2.75) is 25.5 Å². The summed E-state index contributed by atoms with van der Waals surface area (Å²) < 4.78 is 5.60. The lowest BCUT2D eigenvalue weighted by atomic mass is 9.88. The van der Waals surface area contributed by atoms with Crippen LogP contribution in [0, 0.1) is 6.92 Å². The van der Waals surface area contributed by atoms with Crippen LogP contribution in [0.2, 0.25) is 0 Å². The second-order valence-electron chi connectivity index (χ2n) is 7.78. The number of amides is 3. The Morgan fingerprint density at radius 1 is 1.07 bits per heavy atom. The van der Waals surface area contributed by atoms with Crippen LogP contribution in [0.15, 0.2) is 66.7 Å². The molecule has 6 nitrogen and oxygen atoms in total. The number of urea groups is 1. The first-order valence-electron chi connectivity index (χ1n) is 9.88. The van der Waals surface area contributed by atoms with Crippen molar-refractivity contribution in [2.24, 2.45) is 0 Å². The molecule has 0 saturated carbocycles. The average molecular weight is 404 g/mol. The summed E-state index contributed by atoms with van der Waals surface area (Å²) >= 11 is 0. The minimum Gasteiger partial charge on any atom is -0.491 e. The van der Waals surface area contributed by atoms with Gasteiger partial charge in [-0.1, -0.05) is 54.6 Å². The molecular weight excluding hydrogens is 380 g/mol. The van der Waals surface area contributed by atoms with Crippen LogP contribution >= 0.6 is 0 Å². The van der Waals surface area contributed by atoms with Gasteiger partial charge in [-0.3, -0.25) is 9.69 Å². The van der Waals surface area contributed by atoms with E-state index in [2.05, 4.69) is 5.32 Å². The van der Waals surface area contributed by atoms with E-state index in [4.69, 9.17) is 4.74 Å². The SMILES string of the molecule is Cc1cccc(OC[C@@H](O)CN2C(=O)N[C@](C)(c3cccc4ccccc34)C2=O)c1. The summed E-state index contributed by atoms with van der Waals surface area (Å²) in [6.07, 6.45) is -1.00. The molecule has 1 aliphatic rings. The van der Waals surface area contributed by atoms with Crippen LogP contribution in [-0.4, -0.2) is 41.2 Å². The number of aryl methyl sites for hydroxylation is 1. The lowest BCUT2D eigenvalue weighted by Gasteiger charge is -2.24. The molecule has 3 aromatic rings. The van der Waals surface area contributed by atoms with Gasteiger partial charge in [0.05, 0.1) is 6.54 Å². The number of hydrogen-bond donors (Lipinski definition) is 2. The third kappa shape index (κ3) is 3.62. The second kappa shape index (κ2) is 7.80. The van der Waals surface area contributed by atoms with Crippen LogP contribution in [0.4, 0.5) is 4.79 Å². The fraction of sp³-hybridized carbons (Fsp3) is 0.250. The first kappa shape index (κ1) is 19.9. The van der Waals surface area contributed by atoms with Crippen LogP contribution < -0.4 is 10.1 Å². The number of aliphatic hydroxyl groups is 1. The van der Waals surface area contributed by atoms with E-state index in [9.17, 15) is 14.7 Å². The number of fused-ring (bicyclic) bond motifs is 1. The minimum atomic E-state index is -1.20. The van der Waals surface area contributed by atoms with Crippen LogP contribution in [0.25, 0.3) is 10.8 Å². The maximum absolute atomic E-state index is 13.2. The van der Waals surface area contributed by atoms with E-state index >= 15 is 0 Å². The van der Waals surface area contributed by atoms with Crippen molar-refractivity contribution in [3.05, 3.63) is 77.9 Å². The van der Waals surface area contributed by atoms with E-state index in [0.717, 1.165) is 26.8 Å². The summed E-state index contributed by atoms with van der Waals surface area (Å²) in [6, 6.07) is 20.4. The van der Waals surface area contributed by atoms with E-state index in [1.165, 1.54) is 0 Å². The Bertz CT molecular complexity index is 1110. The van der Waals surface area contributed by atoms with Gasteiger partial charge >= 0.3 is 6.03 Å². The number of aliphatic hydroxyl groups excluding tert-OH is 1. The molecule has 1 aliphatic heterocycles. The Kier molecular flexibility index (Phi) is 5.18. The monoisotopic (exact) mass is 404 g/mol. The highest BCUT2D eigenvalue weighted by Gasteiger charge is 2.49. The number of carbonyl (C=O) groups is 2. The van der Waals surface area contributed by atoms with Crippen molar-refractivity contribution in [1.29, 1.82) is 0 Å². The third-order valence-electron chi connectivity index (χ3n) is 5.43. The first-order chi connectivity index (χ1) is 14.4. The van der Waals surface area contributed by atoms with Crippen LogP contribution in [0.5, 0.6) is 5.75 Å². The summed E-state index contributed by atoms with van der Waals surface area (Å²) in [4.78, 5) is 26.9. The summed E-state index contributed by atoms with van der Waals surface area (Å²) in [5.74, 6) is 0.241. The molecule has 0 aromatic heterocycles. The number of β-amino-alcohol motifs (C(OH)–C–C–N with tert-alkyl or cyclic N) is 1. The Balaban J connectivity index is 1.51. The first-order valence-corrected chi connectivity index (χ1v) is 9.88. The zero-order chi connectivity index (χ0) is 21.3. The Morgan fingerprint density at radius 3 is 2.60 bits per heavy atom. The Labute approximate surface area is 175 Å². The van der Waals surface area contributed by atoms with E-state index in [1.807, 2.05) is 67.6 Å². The summed E-state index contributed by atoms with van der Waals surface area (Å²) in [7, 11) is 0. The maximum Gasteiger partial charge on any atom is 0.325 e. The largest absolute Gasteiger partial charge is 0.491 e.